The van der Waals surface area contributed by atoms with Crippen LogP contribution in [0, 0.1) is 5.92 Å². The monoisotopic (exact) mass is 457 g/mol. The van der Waals surface area contributed by atoms with Crippen molar-refractivity contribution >= 4 is 17.8 Å². The Morgan fingerprint density at radius 1 is 1.09 bits per heavy atom. The molecule has 0 unspecified atom stereocenters. The average Bonchev–Trinajstić information content (AvgIpc) is 3.10. The van der Waals surface area contributed by atoms with E-state index in [1.807, 2.05) is 65.0 Å². The number of methoxy groups -OCH3 is 1. The Bertz CT molecular complexity index is 950. The molecule has 0 radical (unpaired) electrons. The maximum Gasteiger partial charge on any atom is 0.318 e. The lowest BCUT2D eigenvalue weighted by atomic mass is 9.92. The lowest BCUT2D eigenvalue weighted by molar-refractivity contribution is -0.116. The van der Waals surface area contributed by atoms with Crippen LogP contribution in [-0.4, -0.2) is 52.4 Å². The van der Waals surface area contributed by atoms with E-state index in [0.29, 0.717) is 12.4 Å². The van der Waals surface area contributed by atoms with Crippen LogP contribution in [-0.2, 0) is 10.2 Å². The van der Waals surface area contributed by atoms with Gasteiger partial charge in [0.05, 0.1) is 18.5 Å². The highest BCUT2D eigenvalue weighted by Gasteiger charge is 2.25. The lowest BCUT2D eigenvalue weighted by Crippen LogP contribution is -2.51. The second-order valence-electron chi connectivity index (χ2n) is 10.8. The van der Waals surface area contributed by atoms with Gasteiger partial charge in [0.2, 0.25) is 5.91 Å². The van der Waals surface area contributed by atoms with Gasteiger partial charge in [-0.3, -0.25) is 4.79 Å². The number of hydrogen-bond acceptors (Lipinski definition) is 4. The highest BCUT2D eigenvalue weighted by molar-refractivity contribution is 5.94. The molecule has 0 saturated carbocycles. The van der Waals surface area contributed by atoms with E-state index in [9.17, 15) is 9.59 Å². The third-order valence-corrected chi connectivity index (χ3v) is 4.75. The minimum Gasteiger partial charge on any atom is -0.497 e. The Morgan fingerprint density at radius 3 is 2.18 bits per heavy atom. The van der Waals surface area contributed by atoms with Crippen molar-refractivity contribution in [2.45, 2.75) is 66.3 Å². The molecule has 0 aliphatic carbocycles. The Kier molecular flexibility index (Phi) is 8.16. The number of hydrogen-bond donors (Lipinski definition) is 2. The zero-order chi connectivity index (χ0) is 25.0. The maximum atomic E-state index is 13.0. The molecular weight excluding hydrogens is 418 g/mol. The Hall–Kier alpha value is -3.03. The molecule has 3 amide bonds. The van der Waals surface area contributed by atoms with E-state index in [-0.39, 0.29) is 29.8 Å². The Labute approximate surface area is 197 Å². The van der Waals surface area contributed by atoms with Gasteiger partial charge in [-0.05, 0) is 51.0 Å². The minimum absolute atomic E-state index is 0.0568. The largest absolute Gasteiger partial charge is 0.497 e. The number of benzene rings is 1. The summed E-state index contributed by atoms with van der Waals surface area (Å²) < 4.78 is 6.96. The van der Waals surface area contributed by atoms with Crippen molar-refractivity contribution in [1.82, 2.24) is 20.0 Å². The second kappa shape index (κ2) is 10.3. The van der Waals surface area contributed by atoms with Gasteiger partial charge in [-0.25, -0.2) is 9.48 Å². The summed E-state index contributed by atoms with van der Waals surface area (Å²) in [6.45, 7) is 16.4. The molecule has 8 nitrogen and oxygen atoms in total. The first-order chi connectivity index (χ1) is 15.2. The normalized spacial score (nSPS) is 11.9. The van der Waals surface area contributed by atoms with E-state index in [1.54, 1.807) is 16.7 Å². The zero-order valence-electron chi connectivity index (χ0n) is 21.4. The highest BCUT2D eigenvalue weighted by Crippen LogP contribution is 2.27. The summed E-state index contributed by atoms with van der Waals surface area (Å²) in [5.74, 6) is 1.23. The Morgan fingerprint density at radius 2 is 1.70 bits per heavy atom. The first-order valence-corrected chi connectivity index (χ1v) is 11.3. The van der Waals surface area contributed by atoms with Crippen LogP contribution >= 0.6 is 0 Å². The van der Waals surface area contributed by atoms with Gasteiger partial charge in [0.25, 0.3) is 0 Å². The standard InChI is InChI=1S/C25H39N5O3/c1-17(2)15-29(23(32)27-25(6,7)8)16-22(31)26-21-14-20(24(3,4)5)28-30(21)18-10-12-19(33-9)13-11-18/h10-14,17H,15-16H2,1-9H3,(H,26,31)(H,27,32). The minimum atomic E-state index is -0.391. The highest BCUT2D eigenvalue weighted by atomic mass is 16.5. The van der Waals surface area contributed by atoms with Gasteiger partial charge in [0.1, 0.15) is 18.1 Å². The second-order valence-corrected chi connectivity index (χ2v) is 10.8. The average molecular weight is 458 g/mol. The third-order valence-electron chi connectivity index (χ3n) is 4.75. The van der Waals surface area contributed by atoms with E-state index < -0.39 is 5.54 Å². The molecule has 0 atom stereocenters. The van der Waals surface area contributed by atoms with Gasteiger partial charge >= 0.3 is 6.03 Å². The van der Waals surface area contributed by atoms with Crippen LogP contribution in [0.2, 0.25) is 0 Å². The fraction of sp³-hybridized carbons (Fsp3) is 0.560. The fourth-order valence-corrected chi connectivity index (χ4v) is 3.17. The van der Waals surface area contributed by atoms with Crippen LogP contribution in [0.4, 0.5) is 10.6 Å². The number of ether oxygens (including phenoxy) is 1. The predicted molar refractivity (Wildman–Crippen MR) is 132 cm³/mol. The number of aromatic nitrogens is 2. The van der Waals surface area contributed by atoms with Gasteiger partial charge < -0.3 is 20.3 Å². The van der Waals surface area contributed by atoms with Crippen LogP contribution in [0.5, 0.6) is 5.75 Å². The quantitative estimate of drug-likeness (QED) is 0.637. The van der Waals surface area contributed by atoms with Gasteiger partial charge in [0, 0.05) is 23.6 Å². The molecule has 0 aliphatic heterocycles. The summed E-state index contributed by atoms with van der Waals surface area (Å²) in [5.41, 5.74) is 1.05. The topological polar surface area (TPSA) is 88.5 Å². The molecule has 1 aromatic carbocycles. The molecule has 2 N–H and O–H groups in total. The van der Waals surface area contributed by atoms with Crippen molar-refractivity contribution in [2.24, 2.45) is 5.92 Å². The molecule has 2 aromatic rings. The molecule has 2 rings (SSSR count). The van der Waals surface area contributed by atoms with Crippen molar-refractivity contribution in [2.75, 3.05) is 25.5 Å². The summed E-state index contributed by atoms with van der Waals surface area (Å²) in [4.78, 5) is 27.3. The van der Waals surface area contributed by atoms with Gasteiger partial charge in [-0.1, -0.05) is 34.6 Å². The summed E-state index contributed by atoms with van der Waals surface area (Å²) in [6.07, 6.45) is 0. The molecule has 0 fully saturated rings. The molecule has 0 spiro atoms. The first-order valence-electron chi connectivity index (χ1n) is 11.3. The summed E-state index contributed by atoms with van der Waals surface area (Å²) in [7, 11) is 1.62. The number of urea groups is 1. The first kappa shape index (κ1) is 26.2. The van der Waals surface area contributed by atoms with E-state index >= 15 is 0 Å². The van der Waals surface area contributed by atoms with E-state index in [4.69, 9.17) is 9.84 Å². The van der Waals surface area contributed by atoms with Crippen molar-refractivity contribution in [3.05, 3.63) is 36.0 Å². The number of carbonyl (C=O) groups is 2. The number of anilines is 1. The zero-order valence-corrected chi connectivity index (χ0v) is 21.4. The van der Waals surface area contributed by atoms with Crippen LogP contribution in [0.1, 0.15) is 61.1 Å². The number of nitrogens with zero attached hydrogens (tertiary/aromatic N) is 3. The number of rotatable bonds is 7. The van der Waals surface area contributed by atoms with Crippen molar-refractivity contribution < 1.29 is 14.3 Å². The van der Waals surface area contributed by atoms with Crippen molar-refractivity contribution in [3.8, 4) is 11.4 Å². The van der Waals surface area contributed by atoms with E-state index in [2.05, 4.69) is 31.4 Å². The molecule has 0 saturated heterocycles. The molecule has 0 aliphatic rings. The van der Waals surface area contributed by atoms with Crippen molar-refractivity contribution in [1.29, 1.82) is 0 Å². The third kappa shape index (κ3) is 7.80. The number of nitrogens with one attached hydrogen (secondary N) is 2. The summed E-state index contributed by atoms with van der Waals surface area (Å²) in [5, 5.41) is 10.6. The smallest absolute Gasteiger partial charge is 0.318 e. The molecule has 8 heteroatoms. The summed E-state index contributed by atoms with van der Waals surface area (Å²) in [6, 6.07) is 9.09. The Balaban J connectivity index is 2.30. The SMILES string of the molecule is COc1ccc(-n2nc(C(C)(C)C)cc2NC(=O)CN(CC(C)C)C(=O)NC(C)(C)C)cc1. The van der Waals surface area contributed by atoms with E-state index in [0.717, 1.165) is 17.1 Å². The van der Waals surface area contributed by atoms with Crippen LogP contribution < -0.4 is 15.4 Å². The van der Waals surface area contributed by atoms with Gasteiger partial charge in [-0.15, -0.1) is 0 Å². The van der Waals surface area contributed by atoms with Gasteiger partial charge in [0.15, 0.2) is 0 Å². The molecular formula is C25H39N5O3. The predicted octanol–water partition coefficient (Wildman–Crippen LogP) is 4.58. The summed E-state index contributed by atoms with van der Waals surface area (Å²) >= 11 is 0. The number of amides is 3. The fourth-order valence-electron chi connectivity index (χ4n) is 3.17. The van der Waals surface area contributed by atoms with Crippen LogP contribution in [0.3, 0.4) is 0 Å². The molecule has 1 heterocycles. The molecule has 33 heavy (non-hydrogen) atoms. The van der Waals surface area contributed by atoms with Crippen LogP contribution in [0.25, 0.3) is 5.69 Å². The molecule has 1 aromatic heterocycles. The van der Waals surface area contributed by atoms with Crippen molar-refractivity contribution in [3.63, 3.8) is 0 Å². The lowest BCUT2D eigenvalue weighted by Gasteiger charge is -2.29. The molecule has 0 bridgehead atoms. The van der Waals surface area contributed by atoms with Gasteiger partial charge in [-0.2, -0.15) is 5.10 Å². The number of carbonyl (C=O) groups excluding carboxylic acids is 2. The van der Waals surface area contributed by atoms with E-state index in [1.165, 1.54) is 0 Å². The van der Waals surface area contributed by atoms with Crippen LogP contribution in [0.15, 0.2) is 30.3 Å². The molecule has 182 valence electrons. The maximum absolute atomic E-state index is 13.0.